The van der Waals surface area contributed by atoms with Crippen molar-refractivity contribution in [1.29, 1.82) is 0 Å². The predicted octanol–water partition coefficient (Wildman–Crippen LogP) is 2.87. The van der Waals surface area contributed by atoms with Gasteiger partial charge in [-0.05, 0) is 45.0 Å². The SMILES string of the molecule is CSC1(CN)CCN(C2CCCCCC2)CC1. The Labute approximate surface area is 111 Å². The molecule has 3 heteroatoms. The van der Waals surface area contributed by atoms with Crippen LogP contribution in [0.1, 0.15) is 51.4 Å². The Morgan fingerprint density at radius 3 is 2.18 bits per heavy atom. The third kappa shape index (κ3) is 3.39. The van der Waals surface area contributed by atoms with Gasteiger partial charge in [-0.1, -0.05) is 25.7 Å². The molecule has 0 aromatic rings. The van der Waals surface area contributed by atoms with E-state index in [1.54, 1.807) is 0 Å². The Hall–Kier alpha value is 0.270. The van der Waals surface area contributed by atoms with Crippen LogP contribution in [0.4, 0.5) is 0 Å². The maximum Gasteiger partial charge on any atom is 0.0303 e. The van der Waals surface area contributed by atoms with Crippen LogP contribution in [0.25, 0.3) is 0 Å². The van der Waals surface area contributed by atoms with Gasteiger partial charge in [0, 0.05) is 17.3 Å². The summed E-state index contributed by atoms with van der Waals surface area (Å²) >= 11 is 1.99. The Morgan fingerprint density at radius 1 is 1.12 bits per heavy atom. The van der Waals surface area contributed by atoms with E-state index in [1.165, 1.54) is 64.5 Å². The van der Waals surface area contributed by atoms with Crippen molar-refractivity contribution in [3.05, 3.63) is 0 Å². The van der Waals surface area contributed by atoms with Crippen LogP contribution in [-0.4, -0.2) is 41.6 Å². The molecule has 2 aliphatic rings. The van der Waals surface area contributed by atoms with Gasteiger partial charge in [-0.2, -0.15) is 11.8 Å². The molecule has 100 valence electrons. The molecule has 1 aliphatic carbocycles. The molecule has 0 aromatic heterocycles. The topological polar surface area (TPSA) is 29.3 Å². The van der Waals surface area contributed by atoms with Crippen molar-refractivity contribution in [2.45, 2.75) is 62.2 Å². The zero-order chi connectivity index (χ0) is 12.1. The molecule has 17 heavy (non-hydrogen) atoms. The standard InChI is InChI=1S/C14H28N2S/c1-17-14(12-15)8-10-16(11-9-14)13-6-4-2-3-5-7-13/h13H,2-12,15H2,1H3. The lowest BCUT2D eigenvalue weighted by Crippen LogP contribution is -2.49. The summed E-state index contributed by atoms with van der Waals surface area (Å²) in [5.74, 6) is 0. The van der Waals surface area contributed by atoms with Crippen molar-refractivity contribution in [2.24, 2.45) is 5.73 Å². The summed E-state index contributed by atoms with van der Waals surface area (Å²) in [6.45, 7) is 3.41. The van der Waals surface area contributed by atoms with Crippen LogP contribution in [0.3, 0.4) is 0 Å². The van der Waals surface area contributed by atoms with Gasteiger partial charge < -0.3 is 10.6 Å². The first kappa shape index (κ1) is 13.7. The van der Waals surface area contributed by atoms with Crippen LogP contribution >= 0.6 is 11.8 Å². The first-order valence-electron chi connectivity index (χ1n) is 7.29. The number of thioether (sulfide) groups is 1. The average molecular weight is 256 g/mol. The smallest absolute Gasteiger partial charge is 0.0303 e. The minimum atomic E-state index is 0.390. The van der Waals surface area contributed by atoms with Gasteiger partial charge in [0.15, 0.2) is 0 Å². The highest BCUT2D eigenvalue weighted by atomic mass is 32.2. The van der Waals surface area contributed by atoms with Gasteiger partial charge >= 0.3 is 0 Å². The molecule has 1 saturated heterocycles. The van der Waals surface area contributed by atoms with Crippen molar-refractivity contribution in [3.63, 3.8) is 0 Å². The fourth-order valence-corrected chi connectivity index (χ4v) is 4.17. The molecule has 0 unspecified atom stereocenters. The summed E-state index contributed by atoms with van der Waals surface area (Å²) < 4.78 is 0.390. The third-order valence-corrected chi connectivity index (χ3v) is 6.30. The lowest BCUT2D eigenvalue weighted by molar-refractivity contribution is 0.133. The summed E-state index contributed by atoms with van der Waals surface area (Å²) in [7, 11) is 0. The van der Waals surface area contributed by atoms with E-state index in [9.17, 15) is 0 Å². The lowest BCUT2D eigenvalue weighted by Gasteiger charge is -2.43. The molecule has 2 nitrogen and oxygen atoms in total. The third-order valence-electron chi connectivity index (χ3n) is 4.86. The fourth-order valence-electron chi connectivity index (χ4n) is 3.41. The number of piperidine rings is 1. The van der Waals surface area contributed by atoms with Gasteiger partial charge in [0.2, 0.25) is 0 Å². The quantitative estimate of drug-likeness (QED) is 0.787. The van der Waals surface area contributed by atoms with E-state index in [0.29, 0.717) is 4.75 Å². The van der Waals surface area contributed by atoms with E-state index >= 15 is 0 Å². The second-order valence-electron chi connectivity index (χ2n) is 5.77. The highest BCUT2D eigenvalue weighted by Crippen LogP contribution is 2.35. The van der Waals surface area contributed by atoms with Crippen LogP contribution in [-0.2, 0) is 0 Å². The minimum Gasteiger partial charge on any atom is -0.329 e. The highest BCUT2D eigenvalue weighted by molar-refractivity contribution is 8.00. The molecule has 0 amide bonds. The van der Waals surface area contributed by atoms with Crippen LogP contribution in [0.5, 0.6) is 0 Å². The maximum absolute atomic E-state index is 5.96. The Bertz CT molecular complexity index is 210. The summed E-state index contributed by atoms with van der Waals surface area (Å²) in [4.78, 5) is 2.76. The van der Waals surface area contributed by atoms with E-state index in [1.807, 2.05) is 11.8 Å². The van der Waals surface area contributed by atoms with Gasteiger partial charge in [0.05, 0.1) is 0 Å². The molecule has 0 spiro atoms. The first-order valence-corrected chi connectivity index (χ1v) is 8.51. The Morgan fingerprint density at radius 2 is 1.71 bits per heavy atom. The van der Waals surface area contributed by atoms with Gasteiger partial charge in [-0.25, -0.2) is 0 Å². The summed E-state index contributed by atoms with van der Waals surface area (Å²) in [6, 6.07) is 0.884. The van der Waals surface area contributed by atoms with Crippen molar-refractivity contribution in [1.82, 2.24) is 4.90 Å². The summed E-state index contributed by atoms with van der Waals surface area (Å²) in [5, 5.41) is 0. The number of nitrogens with zero attached hydrogens (tertiary/aromatic N) is 1. The minimum absolute atomic E-state index is 0.390. The number of hydrogen-bond acceptors (Lipinski definition) is 3. The number of nitrogens with two attached hydrogens (primary N) is 1. The van der Waals surface area contributed by atoms with Crippen molar-refractivity contribution < 1.29 is 0 Å². The number of likely N-dealkylation sites (tertiary alicyclic amines) is 1. The highest BCUT2D eigenvalue weighted by Gasteiger charge is 2.34. The van der Waals surface area contributed by atoms with E-state index in [4.69, 9.17) is 5.73 Å². The molecule has 2 rings (SSSR count). The monoisotopic (exact) mass is 256 g/mol. The second kappa shape index (κ2) is 6.44. The second-order valence-corrected chi connectivity index (χ2v) is 7.05. The first-order chi connectivity index (χ1) is 8.29. The molecule has 1 saturated carbocycles. The summed E-state index contributed by atoms with van der Waals surface area (Å²) in [6.07, 6.45) is 13.5. The molecule has 0 aromatic carbocycles. The Kier molecular flexibility index (Phi) is 5.19. The lowest BCUT2D eigenvalue weighted by atomic mass is 9.93. The van der Waals surface area contributed by atoms with Crippen LogP contribution < -0.4 is 5.73 Å². The van der Waals surface area contributed by atoms with Crippen LogP contribution in [0.15, 0.2) is 0 Å². The van der Waals surface area contributed by atoms with E-state index in [2.05, 4.69) is 11.2 Å². The zero-order valence-corrected chi connectivity index (χ0v) is 12.1. The van der Waals surface area contributed by atoms with Crippen molar-refractivity contribution in [3.8, 4) is 0 Å². The van der Waals surface area contributed by atoms with Gasteiger partial charge in [-0.3, -0.25) is 0 Å². The molecule has 0 atom stereocenters. The Balaban J connectivity index is 1.85. The van der Waals surface area contributed by atoms with Crippen molar-refractivity contribution in [2.75, 3.05) is 25.9 Å². The van der Waals surface area contributed by atoms with E-state index < -0.39 is 0 Å². The molecule has 0 bridgehead atoms. The molecule has 1 aliphatic heterocycles. The predicted molar refractivity (Wildman–Crippen MR) is 77.6 cm³/mol. The zero-order valence-electron chi connectivity index (χ0n) is 11.3. The van der Waals surface area contributed by atoms with Crippen LogP contribution in [0, 0.1) is 0 Å². The number of hydrogen-bond donors (Lipinski definition) is 1. The molecule has 2 N–H and O–H groups in total. The van der Waals surface area contributed by atoms with Crippen molar-refractivity contribution >= 4 is 11.8 Å². The van der Waals surface area contributed by atoms with E-state index in [0.717, 1.165) is 12.6 Å². The van der Waals surface area contributed by atoms with Gasteiger partial charge in [0.1, 0.15) is 0 Å². The van der Waals surface area contributed by atoms with Gasteiger partial charge in [-0.15, -0.1) is 0 Å². The average Bonchev–Trinajstić information content (AvgIpc) is 2.68. The molecular weight excluding hydrogens is 228 g/mol. The van der Waals surface area contributed by atoms with E-state index in [-0.39, 0.29) is 0 Å². The summed E-state index contributed by atoms with van der Waals surface area (Å²) in [5.41, 5.74) is 5.96. The molecule has 0 radical (unpaired) electrons. The number of rotatable bonds is 3. The van der Waals surface area contributed by atoms with Gasteiger partial charge in [0.25, 0.3) is 0 Å². The fraction of sp³-hybridized carbons (Fsp3) is 1.00. The van der Waals surface area contributed by atoms with Crippen LogP contribution in [0.2, 0.25) is 0 Å². The molecule has 2 fully saturated rings. The normalized spacial score (nSPS) is 27.9. The molecular formula is C14H28N2S. The largest absolute Gasteiger partial charge is 0.329 e. The molecule has 1 heterocycles. The maximum atomic E-state index is 5.96.